The molecule has 0 aliphatic carbocycles. The summed E-state index contributed by atoms with van der Waals surface area (Å²) >= 11 is 0. The van der Waals surface area contributed by atoms with E-state index in [1.54, 1.807) is 7.11 Å². The van der Waals surface area contributed by atoms with Crippen molar-refractivity contribution in [3.8, 4) is 5.75 Å². The van der Waals surface area contributed by atoms with E-state index >= 15 is 0 Å². The Hall–Kier alpha value is -1.84. The van der Waals surface area contributed by atoms with E-state index in [0.717, 1.165) is 31.6 Å². The molecule has 0 bridgehead atoms. The van der Waals surface area contributed by atoms with Crippen LogP contribution in [0.4, 0.5) is 0 Å². The van der Waals surface area contributed by atoms with Crippen LogP contribution in [0.2, 0.25) is 0 Å². The highest BCUT2D eigenvalue weighted by atomic mass is 16.5. The maximum Gasteiger partial charge on any atom is 0.118 e. The van der Waals surface area contributed by atoms with E-state index in [2.05, 4.69) is 22.5 Å². The third kappa shape index (κ3) is 3.87. The number of unbranched alkanes of at least 4 members (excludes halogenated alkanes) is 1. The Morgan fingerprint density at radius 1 is 1.22 bits per heavy atom. The van der Waals surface area contributed by atoms with E-state index in [4.69, 9.17) is 4.74 Å². The average Bonchev–Trinajstić information content (AvgIpc) is 2.45. The lowest BCUT2D eigenvalue weighted by Crippen LogP contribution is -2.13. The summed E-state index contributed by atoms with van der Waals surface area (Å²) in [5.41, 5.74) is 1.35. The van der Waals surface area contributed by atoms with Crippen molar-refractivity contribution in [3.63, 3.8) is 0 Å². The zero-order chi connectivity index (χ0) is 12.6. The molecule has 2 rings (SSSR count). The molecule has 1 aromatic carbocycles. The molecular weight excluding hydrogens is 226 g/mol. The van der Waals surface area contributed by atoms with Crippen LogP contribution in [-0.2, 0) is 6.42 Å². The third-order valence-corrected chi connectivity index (χ3v) is 2.90. The summed E-state index contributed by atoms with van der Waals surface area (Å²) < 4.78 is 5.14. The van der Waals surface area contributed by atoms with Crippen molar-refractivity contribution in [1.82, 2.24) is 5.01 Å². The lowest BCUT2D eigenvalue weighted by atomic mass is 10.1. The van der Waals surface area contributed by atoms with E-state index < -0.39 is 0 Å². The van der Waals surface area contributed by atoms with E-state index in [1.165, 1.54) is 5.56 Å². The molecule has 1 aliphatic heterocycles. The molecule has 0 spiro atoms. The molecule has 96 valence electrons. The number of hydrogen-bond donors (Lipinski definition) is 0. The molecule has 0 unspecified atom stereocenters. The normalized spacial score (nSPS) is 13.9. The quantitative estimate of drug-likeness (QED) is 0.722. The van der Waals surface area contributed by atoms with Crippen LogP contribution in [0.25, 0.3) is 0 Å². The first-order valence-electron chi connectivity index (χ1n) is 6.32. The van der Waals surface area contributed by atoms with Crippen LogP contribution in [-0.4, -0.2) is 25.2 Å². The molecule has 0 atom stereocenters. The number of hydrogen-bond acceptors (Lipinski definition) is 4. The molecule has 4 heteroatoms. The van der Waals surface area contributed by atoms with Crippen molar-refractivity contribution in [2.24, 2.45) is 10.3 Å². The fourth-order valence-electron chi connectivity index (χ4n) is 1.88. The van der Waals surface area contributed by atoms with Gasteiger partial charge in [0.15, 0.2) is 0 Å². The molecule has 0 aromatic heterocycles. The highest BCUT2D eigenvalue weighted by molar-refractivity contribution is 5.27. The molecule has 1 aromatic rings. The second-order valence-corrected chi connectivity index (χ2v) is 4.27. The number of methoxy groups -OCH3 is 1. The van der Waals surface area contributed by atoms with Crippen LogP contribution in [0, 0.1) is 0 Å². The van der Waals surface area contributed by atoms with Crippen molar-refractivity contribution in [3.05, 3.63) is 42.1 Å². The Balaban J connectivity index is 1.66. The third-order valence-electron chi connectivity index (χ3n) is 2.90. The highest BCUT2D eigenvalue weighted by Crippen LogP contribution is 2.13. The maximum absolute atomic E-state index is 5.14. The van der Waals surface area contributed by atoms with Gasteiger partial charge in [-0.2, -0.15) is 5.11 Å². The van der Waals surface area contributed by atoms with Gasteiger partial charge in [0.25, 0.3) is 0 Å². The lowest BCUT2D eigenvalue weighted by molar-refractivity contribution is 0.349. The zero-order valence-corrected chi connectivity index (χ0v) is 10.7. The van der Waals surface area contributed by atoms with Crippen LogP contribution in [0.5, 0.6) is 5.75 Å². The van der Waals surface area contributed by atoms with Crippen molar-refractivity contribution < 1.29 is 4.74 Å². The summed E-state index contributed by atoms with van der Waals surface area (Å²) in [6.45, 7) is 1.65. The predicted molar refractivity (Wildman–Crippen MR) is 71.5 cm³/mol. The first kappa shape index (κ1) is 12.6. The highest BCUT2D eigenvalue weighted by Gasteiger charge is 2.00. The first-order chi connectivity index (χ1) is 8.88. The summed E-state index contributed by atoms with van der Waals surface area (Å²) in [6, 6.07) is 8.27. The standard InChI is InChI=1S/C14H19N3O/c1-18-14-8-6-13(7-9-14)5-2-3-11-17-12-4-10-15-16-17/h4,6-9,12H,2-3,5,10-11H2,1H3. The minimum Gasteiger partial charge on any atom is -0.497 e. The summed E-state index contributed by atoms with van der Waals surface area (Å²) in [4.78, 5) is 0. The zero-order valence-electron chi connectivity index (χ0n) is 10.7. The number of benzene rings is 1. The minimum absolute atomic E-state index is 0.711. The molecule has 0 amide bonds. The second-order valence-electron chi connectivity index (χ2n) is 4.27. The van der Waals surface area contributed by atoms with Gasteiger partial charge in [-0.25, -0.2) is 0 Å². The smallest absolute Gasteiger partial charge is 0.118 e. The summed E-state index contributed by atoms with van der Waals surface area (Å²) in [6.07, 6.45) is 7.40. The van der Waals surface area contributed by atoms with Crippen LogP contribution < -0.4 is 4.74 Å². The molecule has 0 fully saturated rings. The topological polar surface area (TPSA) is 37.2 Å². The molecule has 18 heavy (non-hydrogen) atoms. The molecule has 0 saturated heterocycles. The van der Waals surface area contributed by atoms with Gasteiger partial charge < -0.3 is 4.74 Å². The van der Waals surface area contributed by atoms with Gasteiger partial charge >= 0.3 is 0 Å². The van der Waals surface area contributed by atoms with Crippen molar-refractivity contribution >= 4 is 0 Å². The van der Waals surface area contributed by atoms with Crippen molar-refractivity contribution in [2.75, 3.05) is 20.2 Å². The van der Waals surface area contributed by atoms with Gasteiger partial charge in [-0.15, -0.1) is 0 Å². The van der Waals surface area contributed by atoms with Crippen molar-refractivity contribution in [1.29, 1.82) is 0 Å². The van der Waals surface area contributed by atoms with Gasteiger partial charge in [0.2, 0.25) is 0 Å². The molecule has 0 N–H and O–H groups in total. The minimum atomic E-state index is 0.711. The predicted octanol–water partition coefficient (Wildman–Crippen LogP) is 3.21. The molecule has 1 aliphatic rings. The van der Waals surface area contributed by atoms with E-state index in [0.29, 0.717) is 6.54 Å². The Morgan fingerprint density at radius 2 is 2.06 bits per heavy atom. The SMILES string of the molecule is COc1ccc(CCCCN2C=CCN=N2)cc1. The van der Waals surface area contributed by atoms with Crippen molar-refractivity contribution in [2.45, 2.75) is 19.3 Å². The number of rotatable bonds is 6. The summed E-state index contributed by atoms with van der Waals surface area (Å²) in [5, 5.41) is 9.92. The number of aryl methyl sites for hydroxylation is 1. The van der Waals surface area contributed by atoms with Crippen LogP contribution >= 0.6 is 0 Å². The lowest BCUT2D eigenvalue weighted by Gasteiger charge is -2.14. The van der Waals surface area contributed by atoms with Gasteiger partial charge in [0.05, 0.1) is 13.7 Å². The first-order valence-corrected chi connectivity index (χ1v) is 6.32. The van der Waals surface area contributed by atoms with Gasteiger partial charge in [0.1, 0.15) is 5.75 Å². The van der Waals surface area contributed by atoms with Gasteiger partial charge in [-0.3, -0.25) is 5.01 Å². The van der Waals surface area contributed by atoms with E-state index in [9.17, 15) is 0 Å². The Bertz CT molecular complexity index is 400. The van der Waals surface area contributed by atoms with E-state index in [-0.39, 0.29) is 0 Å². The molecule has 4 nitrogen and oxygen atoms in total. The fourth-order valence-corrected chi connectivity index (χ4v) is 1.88. The maximum atomic E-state index is 5.14. The van der Waals surface area contributed by atoms with Gasteiger partial charge in [-0.1, -0.05) is 17.4 Å². The number of ether oxygens (including phenoxy) is 1. The molecular formula is C14H19N3O. The van der Waals surface area contributed by atoms with Gasteiger partial charge in [-0.05, 0) is 43.0 Å². The largest absolute Gasteiger partial charge is 0.497 e. The second kappa shape index (κ2) is 6.79. The van der Waals surface area contributed by atoms with Crippen LogP contribution in [0.15, 0.2) is 46.9 Å². The molecule has 0 saturated carbocycles. The summed E-state index contributed by atoms with van der Waals surface area (Å²) in [5.74, 6) is 0.914. The fraction of sp³-hybridized carbons (Fsp3) is 0.429. The van der Waals surface area contributed by atoms with Gasteiger partial charge in [0, 0.05) is 12.7 Å². The number of nitrogens with zero attached hydrogens (tertiary/aromatic N) is 3. The van der Waals surface area contributed by atoms with Crippen LogP contribution in [0.3, 0.4) is 0 Å². The Labute approximate surface area is 108 Å². The average molecular weight is 245 g/mol. The molecule has 0 radical (unpaired) electrons. The Kier molecular flexibility index (Phi) is 4.76. The monoisotopic (exact) mass is 245 g/mol. The van der Waals surface area contributed by atoms with Crippen LogP contribution in [0.1, 0.15) is 18.4 Å². The Morgan fingerprint density at radius 3 is 2.72 bits per heavy atom. The molecule has 1 heterocycles. The summed E-state index contributed by atoms with van der Waals surface area (Å²) in [7, 11) is 1.69. The van der Waals surface area contributed by atoms with E-state index in [1.807, 2.05) is 29.4 Å².